The number of allylic oxidation sites excluding steroid dienone is 3. The molecule has 0 saturated heterocycles. The summed E-state index contributed by atoms with van der Waals surface area (Å²) in [6.45, 7) is 4.29. The highest BCUT2D eigenvalue weighted by atomic mass is 15.2. The molecule has 0 spiro atoms. The summed E-state index contributed by atoms with van der Waals surface area (Å²) in [6.07, 6.45) is 11.4. The molecular formula is C59H50N2. The van der Waals surface area contributed by atoms with Gasteiger partial charge in [0, 0.05) is 28.4 Å². The number of anilines is 5. The number of nitrogens with zero attached hydrogens (tertiary/aromatic N) is 2. The Bertz CT molecular complexity index is 2710. The largest absolute Gasteiger partial charge is 0.335 e. The van der Waals surface area contributed by atoms with Gasteiger partial charge < -0.3 is 9.80 Å². The zero-order valence-corrected chi connectivity index (χ0v) is 34.9. The van der Waals surface area contributed by atoms with Crippen molar-refractivity contribution < 1.29 is 0 Å². The standard InChI is InChI=1S/C59H50N2/c1-44-21-32-54(33-22-44)60(53-20-12-19-48(27-38-53)47-13-6-3-7-14-47)57-39-28-49(29-40-57)50-30-41-58(42-31-50)61(55-34-23-45(2)24-35-55)56-36-25-46(26-37-56)43-59(51-15-8-4-9-16-51)52-17-10-5-11-18-52/h3-11,13-19,21-43,53H,12,20H2,1-2H3. The van der Waals surface area contributed by atoms with Crippen LogP contribution in [-0.4, -0.2) is 6.04 Å². The Hall–Kier alpha value is -7.42. The van der Waals surface area contributed by atoms with Gasteiger partial charge >= 0.3 is 0 Å². The van der Waals surface area contributed by atoms with Crippen molar-refractivity contribution in [3.05, 3.63) is 264 Å². The number of hydrogen-bond donors (Lipinski definition) is 0. The van der Waals surface area contributed by atoms with Crippen molar-refractivity contribution >= 4 is 45.7 Å². The second-order valence-electron chi connectivity index (χ2n) is 15.9. The van der Waals surface area contributed by atoms with Crippen molar-refractivity contribution in [3.8, 4) is 11.1 Å². The number of aryl methyl sites for hydroxylation is 2. The first-order valence-corrected chi connectivity index (χ1v) is 21.4. The van der Waals surface area contributed by atoms with Gasteiger partial charge in [0.15, 0.2) is 0 Å². The first kappa shape index (κ1) is 39.1. The Labute approximate surface area is 361 Å². The van der Waals surface area contributed by atoms with Crippen LogP contribution in [0.4, 0.5) is 28.4 Å². The maximum atomic E-state index is 2.50. The lowest BCUT2D eigenvalue weighted by molar-refractivity contribution is 0.713. The molecule has 1 aliphatic carbocycles. The van der Waals surface area contributed by atoms with Gasteiger partial charge in [-0.15, -0.1) is 0 Å². The molecule has 1 atom stereocenters. The summed E-state index contributed by atoms with van der Waals surface area (Å²) in [5.41, 5.74) is 17.9. The second kappa shape index (κ2) is 18.2. The molecule has 0 N–H and O–H groups in total. The van der Waals surface area contributed by atoms with Crippen molar-refractivity contribution in [3.63, 3.8) is 0 Å². The Balaban J connectivity index is 0.994. The first-order chi connectivity index (χ1) is 30.1. The van der Waals surface area contributed by atoms with Gasteiger partial charge in [0.1, 0.15) is 0 Å². The fraction of sp³-hybridized carbons (Fsp3) is 0.0847. The smallest absolute Gasteiger partial charge is 0.0528 e. The van der Waals surface area contributed by atoms with Crippen LogP contribution in [0.1, 0.15) is 46.2 Å². The lowest BCUT2D eigenvalue weighted by Gasteiger charge is -2.32. The summed E-state index contributed by atoms with van der Waals surface area (Å²) >= 11 is 0. The van der Waals surface area contributed by atoms with E-state index < -0.39 is 0 Å². The average molecular weight is 787 g/mol. The molecule has 0 aliphatic heterocycles. The third kappa shape index (κ3) is 9.10. The molecule has 296 valence electrons. The summed E-state index contributed by atoms with van der Waals surface area (Å²) in [7, 11) is 0. The van der Waals surface area contributed by atoms with E-state index in [1.54, 1.807) is 0 Å². The zero-order chi connectivity index (χ0) is 41.4. The van der Waals surface area contributed by atoms with Gasteiger partial charge in [0.25, 0.3) is 0 Å². The average Bonchev–Trinajstić information content (AvgIpc) is 3.58. The predicted octanol–water partition coefficient (Wildman–Crippen LogP) is 16.0. The Morgan fingerprint density at radius 1 is 0.443 bits per heavy atom. The van der Waals surface area contributed by atoms with E-state index in [1.807, 2.05) is 0 Å². The molecule has 0 radical (unpaired) electrons. The van der Waals surface area contributed by atoms with Crippen molar-refractivity contribution in [1.82, 2.24) is 0 Å². The molecule has 0 aromatic heterocycles. The highest BCUT2D eigenvalue weighted by Crippen LogP contribution is 2.38. The molecule has 0 bridgehead atoms. The summed E-state index contributed by atoms with van der Waals surface area (Å²) < 4.78 is 0. The Kier molecular flexibility index (Phi) is 11.7. The third-order valence-electron chi connectivity index (χ3n) is 11.6. The monoisotopic (exact) mass is 786 g/mol. The Morgan fingerprint density at radius 2 is 0.869 bits per heavy atom. The lowest BCUT2D eigenvalue weighted by Crippen LogP contribution is -2.29. The molecule has 0 amide bonds. The maximum Gasteiger partial charge on any atom is 0.0528 e. The van der Waals surface area contributed by atoms with Crippen molar-refractivity contribution in [2.75, 3.05) is 9.80 Å². The van der Waals surface area contributed by atoms with Crippen molar-refractivity contribution in [2.45, 2.75) is 32.7 Å². The third-order valence-corrected chi connectivity index (χ3v) is 11.6. The number of rotatable bonds is 11. The highest BCUT2D eigenvalue weighted by molar-refractivity contribution is 5.92. The van der Waals surface area contributed by atoms with Crippen LogP contribution in [0.15, 0.2) is 231 Å². The number of hydrogen-bond acceptors (Lipinski definition) is 2. The Morgan fingerprint density at radius 3 is 1.38 bits per heavy atom. The normalized spacial score (nSPS) is 13.5. The summed E-state index contributed by atoms with van der Waals surface area (Å²) in [5.74, 6) is 0. The molecule has 2 nitrogen and oxygen atoms in total. The van der Waals surface area contributed by atoms with Crippen LogP contribution in [0.3, 0.4) is 0 Å². The summed E-state index contributed by atoms with van der Waals surface area (Å²) in [4.78, 5) is 4.84. The fourth-order valence-corrected chi connectivity index (χ4v) is 8.30. The minimum Gasteiger partial charge on any atom is -0.335 e. The highest BCUT2D eigenvalue weighted by Gasteiger charge is 2.21. The molecule has 8 aromatic carbocycles. The molecular weight excluding hydrogens is 737 g/mol. The van der Waals surface area contributed by atoms with E-state index in [-0.39, 0.29) is 6.04 Å². The van der Waals surface area contributed by atoms with E-state index in [4.69, 9.17) is 0 Å². The van der Waals surface area contributed by atoms with Gasteiger partial charge in [-0.3, -0.25) is 0 Å². The topological polar surface area (TPSA) is 6.48 Å². The van der Waals surface area contributed by atoms with E-state index in [2.05, 4.69) is 260 Å². The van der Waals surface area contributed by atoms with Crippen molar-refractivity contribution in [1.29, 1.82) is 0 Å². The second-order valence-corrected chi connectivity index (χ2v) is 15.9. The molecule has 1 aliphatic rings. The molecule has 0 heterocycles. The number of benzene rings is 8. The first-order valence-electron chi connectivity index (χ1n) is 21.4. The fourth-order valence-electron chi connectivity index (χ4n) is 8.30. The van der Waals surface area contributed by atoms with Gasteiger partial charge in [-0.2, -0.15) is 0 Å². The minimum atomic E-state index is 0.220. The molecule has 9 rings (SSSR count). The quantitative estimate of drug-likeness (QED) is 0.121. The van der Waals surface area contributed by atoms with E-state index in [0.717, 1.165) is 35.5 Å². The van der Waals surface area contributed by atoms with Crippen LogP contribution in [0, 0.1) is 13.8 Å². The van der Waals surface area contributed by atoms with E-state index >= 15 is 0 Å². The predicted molar refractivity (Wildman–Crippen MR) is 261 cm³/mol. The zero-order valence-electron chi connectivity index (χ0n) is 34.9. The van der Waals surface area contributed by atoms with Crippen LogP contribution >= 0.6 is 0 Å². The van der Waals surface area contributed by atoms with Crippen LogP contribution in [0.2, 0.25) is 0 Å². The van der Waals surface area contributed by atoms with Crippen LogP contribution in [0.5, 0.6) is 0 Å². The van der Waals surface area contributed by atoms with Gasteiger partial charge in [0.05, 0.1) is 6.04 Å². The lowest BCUT2D eigenvalue weighted by atomic mass is 9.95. The van der Waals surface area contributed by atoms with Crippen LogP contribution in [-0.2, 0) is 0 Å². The molecule has 61 heavy (non-hydrogen) atoms. The maximum absolute atomic E-state index is 2.50. The van der Waals surface area contributed by atoms with Gasteiger partial charge in [0.2, 0.25) is 0 Å². The van der Waals surface area contributed by atoms with Crippen LogP contribution < -0.4 is 9.80 Å². The molecule has 0 fully saturated rings. The molecule has 1 unspecified atom stereocenters. The van der Waals surface area contributed by atoms with E-state index in [0.29, 0.717) is 0 Å². The van der Waals surface area contributed by atoms with E-state index in [9.17, 15) is 0 Å². The summed E-state index contributed by atoms with van der Waals surface area (Å²) in [6, 6.07) is 76.9. The summed E-state index contributed by atoms with van der Waals surface area (Å²) in [5, 5.41) is 0. The van der Waals surface area contributed by atoms with Crippen LogP contribution in [0.25, 0.3) is 28.3 Å². The molecule has 0 saturated carbocycles. The molecule has 2 heteroatoms. The van der Waals surface area contributed by atoms with Gasteiger partial charge in [-0.1, -0.05) is 181 Å². The molecule has 8 aromatic rings. The van der Waals surface area contributed by atoms with Gasteiger partial charge in [-0.25, -0.2) is 0 Å². The minimum absolute atomic E-state index is 0.220. The SMILES string of the molecule is Cc1ccc(N(c2ccc(C=C(c3ccccc3)c3ccccc3)cc2)c2ccc(-c3ccc(N(c4ccc(C)cc4)C4C=CC(c5ccccc5)=CCC4)cc3)cc2)cc1. The van der Waals surface area contributed by atoms with E-state index in [1.165, 1.54) is 61.5 Å². The van der Waals surface area contributed by atoms with Gasteiger partial charge in [-0.05, 0) is 138 Å². The van der Waals surface area contributed by atoms with Crippen molar-refractivity contribution in [2.24, 2.45) is 0 Å².